The third-order valence-corrected chi connectivity index (χ3v) is 4.80. The smallest absolute Gasteiger partial charge is 0.317 e. The van der Waals surface area contributed by atoms with Gasteiger partial charge in [-0.2, -0.15) is 0 Å². The van der Waals surface area contributed by atoms with Gasteiger partial charge in [0.2, 0.25) is 0 Å². The van der Waals surface area contributed by atoms with Gasteiger partial charge in [-0.15, -0.1) is 0 Å². The molecule has 1 saturated heterocycles. The summed E-state index contributed by atoms with van der Waals surface area (Å²) in [7, 11) is 0. The zero-order valence-corrected chi connectivity index (χ0v) is 16.4. The summed E-state index contributed by atoms with van der Waals surface area (Å²) in [6.07, 6.45) is -0.102. The van der Waals surface area contributed by atoms with Gasteiger partial charge in [0.15, 0.2) is 0 Å². The van der Waals surface area contributed by atoms with E-state index in [-0.39, 0.29) is 12.1 Å². The Morgan fingerprint density at radius 3 is 2.96 bits per heavy atom. The molecule has 0 spiro atoms. The number of hydrogen-bond donors (Lipinski definition) is 1. The molecule has 1 aliphatic rings. The Labute approximate surface area is 162 Å². The van der Waals surface area contributed by atoms with E-state index in [2.05, 4.69) is 21.2 Å². The number of carbonyl (C=O) groups is 1. The Morgan fingerprint density at radius 2 is 2.15 bits per heavy atom. The molecule has 26 heavy (non-hydrogen) atoms. The van der Waals surface area contributed by atoms with E-state index >= 15 is 0 Å². The van der Waals surface area contributed by atoms with Crippen LogP contribution in [-0.4, -0.2) is 43.8 Å². The Balaban J connectivity index is 1.46. The Hall–Kier alpha value is -2.05. The number of urea groups is 1. The number of benzene rings is 2. The fraction of sp³-hybridized carbons (Fsp3) is 0.350. The molecule has 1 atom stereocenters. The summed E-state index contributed by atoms with van der Waals surface area (Å²) < 4.78 is 12.6. The van der Waals surface area contributed by atoms with E-state index in [1.165, 1.54) is 0 Å². The SMILES string of the molecule is Cc1ccccc1OCCNC(=O)N1CCOC(c2cccc(Br)c2)C1. The fourth-order valence-corrected chi connectivity index (χ4v) is 3.31. The molecule has 5 nitrogen and oxygen atoms in total. The summed E-state index contributed by atoms with van der Waals surface area (Å²) in [5.74, 6) is 0.850. The van der Waals surface area contributed by atoms with Gasteiger partial charge in [0.25, 0.3) is 0 Å². The molecule has 0 aromatic heterocycles. The number of rotatable bonds is 5. The number of carbonyl (C=O) groups excluding carboxylic acids is 1. The van der Waals surface area contributed by atoms with Gasteiger partial charge >= 0.3 is 6.03 Å². The molecule has 1 heterocycles. The molecule has 2 aromatic rings. The second-order valence-electron chi connectivity index (χ2n) is 6.21. The highest BCUT2D eigenvalue weighted by atomic mass is 79.9. The highest BCUT2D eigenvalue weighted by Crippen LogP contribution is 2.24. The lowest BCUT2D eigenvalue weighted by Crippen LogP contribution is -2.47. The average molecular weight is 419 g/mol. The number of ether oxygens (including phenoxy) is 2. The van der Waals surface area contributed by atoms with Crippen LogP contribution in [0.4, 0.5) is 4.79 Å². The molecule has 0 radical (unpaired) electrons. The van der Waals surface area contributed by atoms with E-state index in [9.17, 15) is 4.79 Å². The summed E-state index contributed by atoms with van der Waals surface area (Å²) in [4.78, 5) is 14.2. The number of morpholine rings is 1. The van der Waals surface area contributed by atoms with Gasteiger partial charge in [-0.1, -0.05) is 46.3 Å². The van der Waals surface area contributed by atoms with Crippen molar-refractivity contribution in [2.75, 3.05) is 32.8 Å². The van der Waals surface area contributed by atoms with Crippen molar-refractivity contribution in [3.63, 3.8) is 0 Å². The zero-order chi connectivity index (χ0) is 18.4. The topological polar surface area (TPSA) is 50.8 Å². The lowest BCUT2D eigenvalue weighted by molar-refractivity contribution is -0.0155. The predicted octanol–water partition coefficient (Wildman–Crippen LogP) is 3.92. The van der Waals surface area contributed by atoms with E-state index in [1.807, 2.05) is 55.5 Å². The average Bonchev–Trinajstić information content (AvgIpc) is 2.66. The molecule has 1 unspecified atom stereocenters. The van der Waals surface area contributed by atoms with Gasteiger partial charge in [-0.25, -0.2) is 4.79 Å². The first-order valence-electron chi connectivity index (χ1n) is 8.72. The normalized spacial score (nSPS) is 17.0. The van der Waals surface area contributed by atoms with Crippen LogP contribution in [0.15, 0.2) is 53.0 Å². The molecule has 0 aliphatic carbocycles. The molecule has 138 valence electrons. The van der Waals surface area contributed by atoms with E-state index < -0.39 is 0 Å². The summed E-state index contributed by atoms with van der Waals surface area (Å²) in [6.45, 7) is 4.58. The van der Waals surface area contributed by atoms with Crippen molar-refractivity contribution in [2.24, 2.45) is 0 Å². The molecule has 0 bridgehead atoms. The van der Waals surface area contributed by atoms with Crippen LogP contribution >= 0.6 is 15.9 Å². The van der Waals surface area contributed by atoms with Crippen LogP contribution in [0.1, 0.15) is 17.2 Å². The van der Waals surface area contributed by atoms with Gasteiger partial charge in [-0.3, -0.25) is 0 Å². The lowest BCUT2D eigenvalue weighted by Gasteiger charge is -2.33. The number of halogens is 1. The van der Waals surface area contributed by atoms with E-state index in [0.29, 0.717) is 32.8 Å². The fourth-order valence-electron chi connectivity index (χ4n) is 2.89. The number of aryl methyl sites for hydroxylation is 1. The minimum Gasteiger partial charge on any atom is -0.491 e. The van der Waals surface area contributed by atoms with Crippen molar-refractivity contribution in [3.05, 3.63) is 64.1 Å². The van der Waals surface area contributed by atoms with Crippen LogP contribution in [0, 0.1) is 6.92 Å². The van der Waals surface area contributed by atoms with Gasteiger partial charge < -0.3 is 19.7 Å². The maximum Gasteiger partial charge on any atom is 0.317 e. The van der Waals surface area contributed by atoms with Crippen LogP contribution in [0.5, 0.6) is 5.75 Å². The molecule has 0 saturated carbocycles. The highest BCUT2D eigenvalue weighted by molar-refractivity contribution is 9.10. The lowest BCUT2D eigenvalue weighted by atomic mass is 10.1. The summed E-state index contributed by atoms with van der Waals surface area (Å²) >= 11 is 3.48. The predicted molar refractivity (Wildman–Crippen MR) is 104 cm³/mol. The summed E-state index contributed by atoms with van der Waals surface area (Å²) in [5.41, 5.74) is 2.16. The number of hydrogen-bond acceptors (Lipinski definition) is 3. The Bertz CT molecular complexity index is 753. The Kier molecular flexibility index (Phi) is 6.52. The first-order chi connectivity index (χ1) is 12.6. The molecule has 6 heteroatoms. The maximum atomic E-state index is 12.4. The molecular formula is C20H23BrN2O3. The molecule has 2 aromatic carbocycles. The molecular weight excluding hydrogens is 396 g/mol. The van der Waals surface area contributed by atoms with E-state index in [1.54, 1.807) is 4.90 Å². The maximum absolute atomic E-state index is 12.4. The quantitative estimate of drug-likeness (QED) is 0.748. The van der Waals surface area contributed by atoms with Gasteiger partial charge in [0.1, 0.15) is 18.5 Å². The van der Waals surface area contributed by atoms with Gasteiger partial charge in [-0.05, 0) is 36.2 Å². The number of nitrogens with zero attached hydrogens (tertiary/aromatic N) is 1. The molecule has 1 N–H and O–H groups in total. The number of amides is 2. The highest BCUT2D eigenvalue weighted by Gasteiger charge is 2.25. The van der Waals surface area contributed by atoms with E-state index in [0.717, 1.165) is 21.3 Å². The second kappa shape index (κ2) is 9.05. The second-order valence-corrected chi connectivity index (χ2v) is 7.12. The molecule has 1 aliphatic heterocycles. The molecule has 2 amide bonds. The van der Waals surface area contributed by atoms with Crippen molar-refractivity contribution < 1.29 is 14.3 Å². The minimum atomic E-state index is -0.102. The summed E-state index contributed by atoms with van der Waals surface area (Å²) in [6, 6.07) is 15.8. The Morgan fingerprint density at radius 1 is 1.31 bits per heavy atom. The third-order valence-electron chi connectivity index (χ3n) is 4.30. The van der Waals surface area contributed by atoms with E-state index in [4.69, 9.17) is 9.47 Å². The van der Waals surface area contributed by atoms with Crippen molar-refractivity contribution in [3.8, 4) is 5.75 Å². The largest absolute Gasteiger partial charge is 0.491 e. The van der Waals surface area contributed by atoms with Crippen LogP contribution < -0.4 is 10.1 Å². The van der Waals surface area contributed by atoms with Crippen LogP contribution in [-0.2, 0) is 4.74 Å². The van der Waals surface area contributed by atoms with Gasteiger partial charge in [0.05, 0.1) is 19.7 Å². The van der Waals surface area contributed by atoms with Gasteiger partial charge in [0, 0.05) is 11.0 Å². The van der Waals surface area contributed by atoms with Crippen molar-refractivity contribution >= 4 is 22.0 Å². The molecule has 1 fully saturated rings. The van der Waals surface area contributed by atoms with Crippen LogP contribution in [0.3, 0.4) is 0 Å². The van der Waals surface area contributed by atoms with Crippen molar-refractivity contribution in [1.82, 2.24) is 10.2 Å². The minimum absolute atomic E-state index is 0.0818. The number of para-hydroxylation sites is 1. The standard InChI is InChI=1S/C20H23BrN2O3/c1-15-5-2-3-8-18(15)25-11-9-22-20(24)23-10-12-26-19(14-23)16-6-4-7-17(21)13-16/h2-8,13,19H,9-12,14H2,1H3,(H,22,24). The molecule has 3 rings (SSSR count). The first-order valence-corrected chi connectivity index (χ1v) is 9.51. The third kappa shape index (κ3) is 4.99. The number of nitrogens with one attached hydrogen (secondary N) is 1. The monoisotopic (exact) mass is 418 g/mol. The van der Waals surface area contributed by atoms with Crippen LogP contribution in [0.25, 0.3) is 0 Å². The van der Waals surface area contributed by atoms with Crippen molar-refractivity contribution in [1.29, 1.82) is 0 Å². The van der Waals surface area contributed by atoms with Crippen LogP contribution in [0.2, 0.25) is 0 Å². The van der Waals surface area contributed by atoms with Crippen molar-refractivity contribution in [2.45, 2.75) is 13.0 Å². The first kappa shape index (κ1) is 18.7. The zero-order valence-electron chi connectivity index (χ0n) is 14.8. The summed E-state index contributed by atoms with van der Waals surface area (Å²) in [5, 5.41) is 2.92.